The van der Waals surface area contributed by atoms with Crippen molar-refractivity contribution < 1.29 is 4.79 Å². The number of amides is 1. The number of hydrogen-bond acceptors (Lipinski definition) is 6. The van der Waals surface area contributed by atoms with Crippen LogP contribution in [-0.4, -0.2) is 48.0 Å². The van der Waals surface area contributed by atoms with Crippen LogP contribution in [0.2, 0.25) is 0 Å². The van der Waals surface area contributed by atoms with Crippen molar-refractivity contribution in [2.75, 3.05) is 37.0 Å². The van der Waals surface area contributed by atoms with E-state index in [4.69, 9.17) is 0 Å². The second-order valence-electron chi connectivity index (χ2n) is 6.48. The number of piperidine rings is 1. The predicted molar refractivity (Wildman–Crippen MR) is 97.4 cm³/mol. The lowest BCUT2D eigenvalue weighted by atomic mass is 9.97. The molecular weight excluding hydrogens is 316 g/mol. The summed E-state index contributed by atoms with van der Waals surface area (Å²) in [5.41, 5.74) is 1.05. The number of anilines is 2. The number of nitrogens with zero attached hydrogens (tertiary/aromatic N) is 5. The summed E-state index contributed by atoms with van der Waals surface area (Å²) in [6.07, 6.45) is 8.75. The zero-order valence-electron chi connectivity index (χ0n) is 14.7. The number of carbonyl (C=O) groups excluding carboxylic acids is 1. The van der Waals surface area contributed by atoms with Crippen LogP contribution in [0.15, 0.2) is 36.9 Å². The van der Waals surface area contributed by atoms with E-state index in [9.17, 15) is 4.79 Å². The minimum Gasteiger partial charge on any atom is -0.363 e. The lowest BCUT2D eigenvalue weighted by Crippen LogP contribution is -2.43. The Morgan fingerprint density at radius 3 is 2.96 bits per heavy atom. The van der Waals surface area contributed by atoms with E-state index in [0.717, 1.165) is 36.6 Å². The third-order valence-electron chi connectivity index (χ3n) is 4.40. The molecule has 1 aliphatic heterocycles. The van der Waals surface area contributed by atoms with Crippen LogP contribution in [0, 0.1) is 5.92 Å². The molecule has 3 heterocycles. The third kappa shape index (κ3) is 4.43. The molecule has 0 radical (unpaired) electrons. The highest BCUT2D eigenvalue weighted by atomic mass is 16.1. The van der Waals surface area contributed by atoms with E-state index in [0.29, 0.717) is 13.1 Å². The maximum atomic E-state index is 12.6. The first-order valence-electron chi connectivity index (χ1n) is 8.54. The molecule has 0 aliphatic carbocycles. The van der Waals surface area contributed by atoms with Crippen molar-refractivity contribution in [3.8, 4) is 0 Å². The first-order valence-corrected chi connectivity index (χ1v) is 8.54. The Bertz CT molecular complexity index is 706. The van der Waals surface area contributed by atoms with Crippen LogP contribution in [0.5, 0.6) is 0 Å². The highest BCUT2D eigenvalue weighted by molar-refractivity contribution is 5.79. The number of aromatic nitrogens is 3. The summed E-state index contributed by atoms with van der Waals surface area (Å²) in [6, 6.07) is 3.92. The number of nitrogens with one attached hydrogen (secondary N) is 1. The first kappa shape index (κ1) is 17.1. The molecule has 1 aliphatic rings. The van der Waals surface area contributed by atoms with Crippen molar-refractivity contribution in [1.82, 2.24) is 20.3 Å². The van der Waals surface area contributed by atoms with Crippen LogP contribution in [-0.2, 0) is 11.3 Å². The van der Waals surface area contributed by atoms with Crippen molar-refractivity contribution in [2.45, 2.75) is 19.4 Å². The zero-order valence-corrected chi connectivity index (χ0v) is 14.7. The highest BCUT2D eigenvalue weighted by Gasteiger charge is 2.26. The van der Waals surface area contributed by atoms with Crippen LogP contribution in [0.4, 0.5) is 11.6 Å². The van der Waals surface area contributed by atoms with Crippen molar-refractivity contribution in [1.29, 1.82) is 0 Å². The van der Waals surface area contributed by atoms with Crippen LogP contribution in [0.25, 0.3) is 0 Å². The van der Waals surface area contributed by atoms with Gasteiger partial charge >= 0.3 is 0 Å². The maximum Gasteiger partial charge on any atom is 0.225 e. The lowest BCUT2D eigenvalue weighted by Gasteiger charge is -2.32. The highest BCUT2D eigenvalue weighted by Crippen LogP contribution is 2.21. The molecule has 1 fully saturated rings. The molecule has 2 aromatic heterocycles. The monoisotopic (exact) mass is 340 g/mol. The maximum absolute atomic E-state index is 12.6. The summed E-state index contributed by atoms with van der Waals surface area (Å²) in [5.74, 6) is 1.80. The van der Waals surface area contributed by atoms with Gasteiger partial charge in [0.05, 0.1) is 12.1 Å². The van der Waals surface area contributed by atoms with E-state index in [-0.39, 0.29) is 11.8 Å². The smallest absolute Gasteiger partial charge is 0.225 e. The molecule has 1 atom stereocenters. The summed E-state index contributed by atoms with van der Waals surface area (Å²) in [5, 5.41) is 3.06. The minimum absolute atomic E-state index is 0.0223. The van der Waals surface area contributed by atoms with Gasteiger partial charge in [-0.3, -0.25) is 9.78 Å². The van der Waals surface area contributed by atoms with Gasteiger partial charge in [0.1, 0.15) is 11.6 Å². The Morgan fingerprint density at radius 2 is 2.20 bits per heavy atom. The SMILES string of the molecule is CN(C)c1cc(CNC(=O)[C@@H]2CCCN(c3cnccn3)C2)ccn1. The predicted octanol–water partition coefficient (Wildman–Crippen LogP) is 1.47. The van der Waals surface area contributed by atoms with Gasteiger partial charge in [0.2, 0.25) is 5.91 Å². The van der Waals surface area contributed by atoms with Crippen LogP contribution < -0.4 is 15.1 Å². The van der Waals surface area contributed by atoms with Gasteiger partial charge in [-0.15, -0.1) is 0 Å². The molecule has 25 heavy (non-hydrogen) atoms. The van der Waals surface area contributed by atoms with Gasteiger partial charge in [0.15, 0.2) is 0 Å². The van der Waals surface area contributed by atoms with Gasteiger partial charge in [-0.05, 0) is 30.5 Å². The van der Waals surface area contributed by atoms with E-state index in [1.54, 1.807) is 24.8 Å². The number of hydrogen-bond donors (Lipinski definition) is 1. The van der Waals surface area contributed by atoms with E-state index in [2.05, 4.69) is 25.2 Å². The van der Waals surface area contributed by atoms with Crippen molar-refractivity contribution in [3.05, 3.63) is 42.5 Å². The summed E-state index contributed by atoms with van der Waals surface area (Å²) in [4.78, 5) is 29.4. The molecule has 1 saturated heterocycles. The summed E-state index contributed by atoms with van der Waals surface area (Å²) in [7, 11) is 3.90. The Hall–Kier alpha value is -2.70. The normalized spacial score (nSPS) is 17.2. The van der Waals surface area contributed by atoms with Crippen LogP contribution >= 0.6 is 0 Å². The summed E-state index contributed by atoms with van der Waals surface area (Å²) < 4.78 is 0. The molecule has 2 aromatic rings. The Labute approximate surface area is 148 Å². The van der Waals surface area contributed by atoms with Gasteiger partial charge in [0.25, 0.3) is 0 Å². The van der Waals surface area contributed by atoms with E-state index in [1.165, 1.54) is 0 Å². The first-order chi connectivity index (χ1) is 12.1. The van der Waals surface area contributed by atoms with E-state index < -0.39 is 0 Å². The van der Waals surface area contributed by atoms with Gasteiger partial charge in [0, 0.05) is 52.3 Å². The standard InChI is InChI=1S/C18H24N6O/c1-23(2)16-10-14(5-6-20-16)11-22-18(25)15-4-3-9-24(13-15)17-12-19-7-8-21-17/h5-8,10,12,15H,3-4,9,11,13H2,1-2H3,(H,22,25)/t15-/m1/s1. The third-order valence-corrected chi connectivity index (χ3v) is 4.40. The fourth-order valence-electron chi connectivity index (χ4n) is 3.00. The van der Waals surface area contributed by atoms with E-state index >= 15 is 0 Å². The van der Waals surface area contributed by atoms with Gasteiger partial charge in [-0.25, -0.2) is 9.97 Å². The fraction of sp³-hybridized carbons (Fsp3) is 0.444. The molecule has 0 spiro atoms. The molecule has 7 nitrogen and oxygen atoms in total. The molecule has 1 amide bonds. The number of rotatable bonds is 5. The molecule has 1 N–H and O–H groups in total. The van der Waals surface area contributed by atoms with E-state index in [1.807, 2.05) is 31.1 Å². The lowest BCUT2D eigenvalue weighted by molar-refractivity contribution is -0.125. The molecular formula is C18H24N6O. The second kappa shape index (κ2) is 7.92. The van der Waals surface area contributed by atoms with Gasteiger partial charge < -0.3 is 15.1 Å². The minimum atomic E-state index is -0.0223. The molecule has 3 rings (SSSR count). The zero-order chi connectivity index (χ0) is 17.6. The largest absolute Gasteiger partial charge is 0.363 e. The molecule has 7 heteroatoms. The molecule has 0 bridgehead atoms. The van der Waals surface area contributed by atoms with Crippen LogP contribution in [0.3, 0.4) is 0 Å². The average Bonchev–Trinajstić information content (AvgIpc) is 2.67. The van der Waals surface area contributed by atoms with Crippen molar-refractivity contribution in [3.63, 3.8) is 0 Å². The number of carbonyl (C=O) groups is 1. The summed E-state index contributed by atoms with van der Waals surface area (Å²) in [6.45, 7) is 2.12. The number of pyridine rings is 1. The topological polar surface area (TPSA) is 74.2 Å². The summed E-state index contributed by atoms with van der Waals surface area (Å²) >= 11 is 0. The van der Waals surface area contributed by atoms with Gasteiger partial charge in [-0.2, -0.15) is 0 Å². The molecule has 0 unspecified atom stereocenters. The van der Waals surface area contributed by atoms with Crippen molar-refractivity contribution >= 4 is 17.5 Å². The Kier molecular flexibility index (Phi) is 5.42. The Morgan fingerprint density at radius 1 is 1.32 bits per heavy atom. The Balaban J connectivity index is 1.57. The molecule has 132 valence electrons. The second-order valence-corrected chi connectivity index (χ2v) is 6.48. The average molecular weight is 340 g/mol. The molecule has 0 saturated carbocycles. The van der Waals surface area contributed by atoms with Gasteiger partial charge in [-0.1, -0.05) is 0 Å². The fourth-order valence-corrected chi connectivity index (χ4v) is 3.00. The van der Waals surface area contributed by atoms with Crippen molar-refractivity contribution in [2.24, 2.45) is 5.92 Å². The van der Waals surface area contributed by atoms with Crippen LogP contribution in [0.1, 0.15) is 18.4 Å². The quantitative estimate of drug-likeness (QED) is 0.888. The molecule has 0 aromatic carbocycles.